The van der Waals surface area contributed by atoms with Crippen LogP contribution in [0.15, 0.2) is 0 Å². The Morgan fingerprint density at radius 3 is 0.500 bits per heavy atom. The van der Waals surface area contributed by atoms with Gasteiger partial charge in [0.25, 0.3) is 0 Å². The van der Waals surface area contributed by atoms with Crippen molar-refractivity contribution in [3.63, 3.8) is 0 Å². The third-order valence-corrected chi connectivity index (χ3v) is 0. The molecule has 0 aromatic rings. The van der Waals surface area contributed by atoms with E-state index in [1.807, 2.05) is 0 Å². The van der Waals surface area contributed by atoms with Crippen molar-refractivity contribution in [2.75, 3.05) is 0 Å². The maximum atomic E-state index is 0. The van der Waals surface area contributed by atoms with Gasteiger partial charge in [0, 0.05) is 0 Å². The van der Waals surface area contributed by atoms with Crippen molar-refractivity contribution in [2.45, 2.75) is 0 Å². The molecule has 0 fully saturated rings. The van der Waals surface area contributed by atoms with Gasteiger partial charge >= 0.3 is 38.1 Å². The summed E-state index contributed by atoms with van der Waals surface area (Å²) in [6.07, 6.45) is 0. The van der Waals surface area contributed by atoms with Crippen molar-refractivity contribution in [1.29, 1.82) is 0 Å². The van der Waals surface area contributed by atoms with Crippen molar-refractivity contribution in [3.8, 4) is 0 Å². The Labute approximate surface area is 105 Å². The topological polar surface area (TPSA) is 0 Å². The molecule has 0 bridgehead atoms. The Kier molecular flexibility index (Phi) is 401. The molecule has 0 saturated heterocycles. The second kappa shape index (κ2) is 40.7. The zero-order valence-electron chi connectivity index (χ0n) is 2.34. The van der Waals surface area contributed by atoms with Crippen LogP contribution < -0.4 is 0 Å². The molecule has 0 rings (SSSR count). The fourth-order valence-electron chi connectivity index (χ4n) is 0. The molecule has 0 aromatic heterocycles. The van der Waals surface area contributed by atoms with Crippen LogP contribution in [0.25, 0.3) is 0 Å². The molecule has 0 aliphatic rings. The van der Waals surface area contributed by atoms with E-state index >= 15 is 0 Å². The van der Waals surface area contributed by atoms with Crippen LogP contribution in [0.5, 0.6) is 0 Å². The van der Waals surface area contributed by atoms with Crippen molar-refractivity contribution >= 4 is 68.3 Å². The molecule has 0 nitrogen and oxygen atoms in total. The summed E-state index contributed by atoms with van der Waals surface area (Å²) in [7, 11) is 0. The summed E-state index contributed by atoms with van der Waals surface area (Å²) in [5.41, 5.74) is 0. The van der Waals surface area contributed by atoms with Gasteiger partial charge in [-0.3, -0.25) is 0 Å². The standard InChI is InChI=1S/Cu.4Se.W/q+2;4*-2;+6. The molecule has 0 spiro atoms. The maximum Gasteiger partial charge on any atom is 6.00 e. The molecule has 0 aliphatic carbocycles. The van der Waals surface area contributed by atoms with E-state index in [0.717, 1.165) is 0 Å². The summed E-state index contributed by atoms with van der Waals surface area (Å²) < 4.78 is 0. The molecule has 6 heavy (non-hydrogen) atoms. The van der Waals surface area contributed by atoms with Crippen LogP contribution in [-0.2, 0) is 38.1 Å². The number of hydrogen-bond donors (Lipinski definition) is 0. The zero-order chi connectivity index (χ0) is 0. The predicted molar refractivity (Wildman–Crippen MR) is 23.0 cm³/mol. The van der Waals surface area contributed by atoms with E-state index in [0.29, 0.717) is 0 Å². The van der Waals surface area contributed by atoms with Crippen LogP contribution in [0.3, 0.4) is 0 Å². The molecule has 6 heteroatoms. The van der Waals surface area contributed by atoms with Crippen molar-refractivity contribution in [2.24, 2.45) is 0 Å². The van der Waals surface area contributed by atoms with Gasteiger partial charge in [-0.1, -0.05) is 0 Å². The summed E-state index contributed by atoms with van der Waals surface area (Å²) in [6, 6.07) is 0. The molecular formula is CuSe4W. The molecule has 0 atom stereocenters. The molecular weight excluding hydrogens is 563 g/mol. The largest absolute Gasteiger partial charge is 6.00 e. The Morgan fingerprint density at radius 1 is 0.500 bits per heavy atom. The van der Waals surface area contributed by atoms with Crippen LogP contribution in [0.1, 0.15) is 0 Å². The number of rotatable bonds is 0. The van der Waals surface area contributed by atoms with Gasteiger partial charge in [0.2, 0.25) is 0 Å². The van der Waals surface area contributed by atoms with Crippen LogP contribution in [0.4, 0.5) is 0 Å². The van der Waals surface area contributed by atoms with E-state index < -0.39 is 0 Å². The minimum Gasteiger partial charge on any atom is -2.00 e. The average Bonchev–Trinajstić information content (AvgIpc) is 0. The van der Waals surface area contributed by atoms with E-state index in [1.165, 1.54) is 0 Å². The smallest absolute Gasteiger partial charge is 2.00 e. The van der Waals surface area contributed by atoms with Crippen LogP contribution in [-0.4, -0.2) is 68.3 Å². The molecule has 0 saturated carbocycles. The quantitative estimate of drug-likeness (QED) is 0.315. The Morgan fingerprint density at radius 2 is 0.500 bits per heavy atom. The minimum absolute atomic E-state index is 0. The van der Waals surface area contributed by atoms with E-state index in [-0.39, 0.29) is 106 Å². The van der Waals surface area contributed by atoms with Gasteiger partial charge in [0.05, 0.1) is 0 Å². The van der Waals surface area contributed by atoms with E-state index in [2.05, 4.69) is 0 Å². The minimum atomic E-state index is 0. The second-order valence-corrected chi connectivity index (χ2v) is 0. The van der Waals surface area contributed by atoms with Crippen LogP contribution in [0, 0.1) is 0 Å². The van der Waals surface area contributed by atoms with Gasteiger partial charge in [0.1, 0.15) is 0 Å². The van der Waals surface area contributed by atoms with Crippen molar-refractivity contribution < 1.29 is 38.1 Å². The number of hydrogen-bond acceptors (Lipinski definition) is 0. The van der Waals surface area contributed by atoms with Gasteiger partial charge < -0.3 is 68.3 Å². The second-order valence-electron chi connectivity index (χ2n) is 0. The third-order valence-electron chi connectivity index (χ3n) is 0. The molecule has 0 aliphatic heterocycles. The zero-order valence-corrected chi connectivity index (χ0v) is 13.1. The fraction of sp³-hybridized carbons (Fsp3) is 0. The van der Waals surface area contributed by atoms with Crippen LogP contribution >= 0.6 is 0 Å². The van der Waals surface area contributed by atoms with Gasteiger partial charge in [0.15, 0.2) is 0 Å². The molecule has 0 unspecified atom stereocenters. The van der Waals surface area contributed by atoms with Gasteiger partial charge in [-0.2, -0.15) is 0 Å². The average molecular weight is 563 g/mol. The van der Waals surface area contributed by atoms with E-state index in [4.69, 9.17) is 0 Å². The summed E-state index contributed by atoms with van der Waals surface area (Å²) in [4.78, 5) is 0. The normalized spacial score (nSPS) is 0. The molecule has 41 valence electrons. The first-order valence-corrected chi connectivity index (χ1v) is 0. The Bertz CT molecular complexity index is 7.51. The SMILES string of the molecule is [Cu+2].[Se-2].[Se-2].[Se-2].[Se-2].[W+6]. The van der Waals surface area contributed by atoms with Crippen molar-refractivity contribution in [3.05, 3.63) is 0 Å². The molecule has 0 heterocycles. The molecule has 0 aromatic carbocycles. The first-order chi connectivity index (χ1) is 0. The Balaban J connectivity index is 0. The fourth-order valence-corrected chi connectivity index (χ4v) is 0. The van der Waals surface area contributed by atoms with E-state index in [9.17, 15) is 0 Å². The molecule has 0 N–H and O–H groups in total. The Hall–Kier alpha value is 3.29. The van der Waals surface area contributed by atoms with Gasteiger partial charge in [-0.25, -0.2) is 0 Å². The molecule has 0 amide bonds. The van der Waals surface area contributed by atoms with Crippen molar-refractivity contribution in [1.82, 2.24) is 0 Å². The van der Waals surface area contributed by atoms with E-state index in [1.54, 1.807) is 0 Å². The maximum absolute atomic E-state index is 0. The molecule has 1 radical (unpaired) electrons. The first kappa shape index (κ1) is 59.0. The summed E-state index contributed by atoms with van der Waals surface area (Å²) >= 11 is 0. The first-order valence-electron chi connectivity index (χ1n) is 0. The predicted octanol–water partition coefficient (Wildman–Crippen LogP) is -1.53. The van der Waals surface area contributed by atoms with Crippen LogP contribution in [0.2, 0.25) is 0 Å². The third kappa shape index (κ3) is 26.7. The van der Waals surface area contributed by atoms with Gasteiger partial charge in [-0.15, -0.1) is 0 Å². The van der Waals surface area contributed by atoms with Gasteiger partial charge in [-0.05, 0) is 0 Å². The summed E-state index contributed by atoms with van der Waals surface area (Å²) in [5, 5.41) is 0. The summed E-state index contributed by atoms with van der Waals surface area (Å²) in [6.45, 7) is 0. The monoisotopic (exact) mass is 567 g/mol. The summed E-state index contributed by atoms with van der Waals surface area (Å²) in [5.74, 6) is 0.